The first-order chi connectivity index (χ1) is 10.7. The van der Waals surface area contributed by atoms with Gasteiger partial charge in [0.1, 0.15) is 11.4 Å². The van der Waals surface area contributed by atoms with Gasteiger partial charge < -0.3 is 4.74 Å². The summed E-state index contributed by atoms with van der Waals surface area (Å²) in [5.41, 5.74) is 2.64. The maximum atomic E-state index is 10.9. The third-order valence-corrected chi connectivity index (χ3v) is 3.52. The lowest BCUT2D eigenvalue weighted by Gasteiger charge is -2.08. The largest absolute Gasteiger partial charge is 0.494 e. The lowest BCUT2D eigenvalue weighted by Crippen LogP contribution is -2.08. The van der Waals surface area contributed by atoms with Crippen molar-refractivity contribution in [3.8, 4) is 5.75 Å². The SMILES string of the molecule is CCCc1c(C=O)nnn1CCCCOc1ccc(C)cc1. The minimum Gasteiger partial charge on any atom is -0.494 e. The molecule has 1 heterocycles. The van der Waals surface area contributed by atoms with Crippen molar-refractivity contribution in [2.45, 2.75) is 46.1 Å². The molecule has 0 aliphatic carbocycles. The molecule has 0 unspecified atom stereocenters. The minimum absolute atomic E-state index is 0.470. The van der Waals surface area contributed by atoms with Crippen LogP contribution in [-0.4, -0.2) is 27.9 Å². The molecule has 2 rings (SSSR count). The van der Waals surface area contributed by atoms with Crippen LogP contribution in [0.15, 0.2) is 24.3 Å². The van der Waals surface area contributed by atoms with Gasteiger partial charge in [0, 0.05) is 6.54 Å². The molecule has 0 aliphatic rings. The van der Waals surface area contributed by atoms with E-state index in [0.717, 1.165) is 50.0 Å². The smallest absolute Gasteiger partial charge is 0.172 e. The molecule has 1 aromatic heterocycles. The molecule has 0 atom stereocenters. The van der Waals surface area contributed by atoms with E-state index >= 15 is 0 Å². The zero-order valence-electron chi connectivity index (χ0n) is 13.3. The van der Waals surface area contributed by atoms with Gasteiger partial charge in [-0.25, -0.2) is 4.68 Å². The van der Waals surface area contributed by atoms with Crippen molar-refractivity contribution in [3.63, 3.8) is 0 Å². The van der Waals surface area contributed by atoms with E-state index < -0.39 is 0 Å². The normalized spacial score (nSPS) is 10.6. The quantitative estimate of drug-likeness (QED) is 0.527. The Morgan fingerprint density at radius 2 is 2.00 bits per heavy atom. The van der Waals surface area contributed by atoms with Gasteiger partial charge in [0.05, 0.1) is 12.3 Å². The van der Waals surface area contributed by atoms with Crippen molar-refractivity contribution in [1.82, 2.24) is 15.0 Å². The van der Waals surface area contributed by atoms with Crippen molar-refractivity contribution < 1.29 is 9.53 Å². The second-order valence-corrected chi connectivity index (χ2v) is 5.38. The van der Waals surface area contributed by atoms with E-state index in [1.165, 1.54) is 5.56 Å². The first kappa shape index (κ1) is 16.2. The summed E-state index contributed by atoms with van der Waals surface area (Å²) in [4.78, 5) is 10.9. The van der Waals surface area contributed by atoms with Gasteiger partial charge in [-0.2, -0.15) is 0 Å². The number of hydrogen-bond acceptors (Lipinski definition) is 4. The molecule has 22 heavy (non-hydrogen) atoms. The summed E-state index contributed by atoms with van der Waals surface area (Å²) in [6, 6.07) is 8.07. The predicted octanol–water partition coefficient (Wildman–Crippen LogP) is 3.21. The van der Waals surface area contributed by atoms with Crippen molar-refractivity contribution in [1.29, 1.82) is 0 Å². The van der Waals surface area contributed by atoms with E-state index in [0.29, 0.717) is 12.3 Å². The number of carbonyl (C=O) groups excluding carboxylic acids is 1. The molecular weight excluding hydrogens is 278 g/mol. The Hall–Kier alpha value is -2.17. The highest BCUT2D eigenvalue weighted by Crippen LogP contribution is 2.12. The van der Waals surface area contributed by atoms with Gasteiger partial charge in [-0.3, -0.25) is 4.79 Å². The lowest BCUT2D eigenvalue weighted by atomic mass is 10.2. The van der Waals surface area contributed by atoms with Crippen LogP contribution in [0.1, 0.15) is 47.9 Å². The number of nitrogens with zero attached hydrogens (tertiary/aromatic N) is 3. The van der Waals surface area contributed by atoms with Gasteiger partial charge in [-0.05, 0) is 38.3 Å². The number of hydrogen-bond donors (Lipinski definition) is 0. The molecule has 0 saturated heterocycles. The number of benzene rings is 1. The van der Waals surface area contributed by atoms with Crippen molar-refractivity contribution in [3.05, 3.63) is 41.2 Å². The fraction of sp³-hybridized carbons (Fsp3) is 0.471. The van der Waals surface area contributed by atoms with Gasteiger partial charge >= 0.3 is 0 Å². The van der Waals surface area contributed by atoms with Crippen molar-refractivity contribution >= 4 is 6.29 Å². The van der Waals surface area contributed by atoms with Crippen LogP contribution in [0.3, 0.4) is 0 Å². The van der Waals surface area contributed by atoms with Gasteiger partial charge in [0.15, 0.2) is 6.29 Å². The Bertz CT molecular complexity index is 590. The highest BCUT2D eigenvalue weighted by atomic mass is 16.5. The first-order valence-electron chi connectivity index (χ1n) is 7.81. The monoisotopic (exact) mass is 301 g/mol. The number of unbranched alkanes of at least 4 members (excludes halogenated alkanes) is 1. The summed E-state index contributed by atoms with van der Waals surface area (Å²) >= 11 is 0. The van der Waals surface area contributed by atoms with Crippen molar-refractivity contribution in [2.24, 2.45) is 0 Å². The maximum Gasteiger partial charge on any atom is 0.172 e. The Morgan fingerprint density at radius 1 is 1.23 bits per heavy atom. The second kappa shape index (κ2) is 8.32. The van der Waals surface area contributed by atoms with Crippen LogP contribution in [0.5, 0.6) is 5.75 Å². The Labute approximate surface area is 131 Å². The molecular formula is C17H23N3O2. The van der Waals surface area contributed by atoms with E-state index in [1.807, 2.05) is 28.9 Å². The summed E-state index contributed by atoms with van der Waals surface area (Å²) < 4.78 is 7.55. The fourth-order valence-corrected chi connectivity index (χ4v) is 2.30. The van der Waals surface area contributed by atoms with E-state index in [2.05, 4.69) is 24.2 Å². The Balaban J connectivity index is 1.75. The number of carbonyl (C=O) groups is 1. The molecule has 2 aromatic rings. The van der Waals surface area contributed by atoms with E-state index in [4.69, 9.17) is 4.74 Å². The molecule has 0 aliphatic heterocycles. The summed E-state index contributed by atoms with van der Waals surface area (Å²) in [7, 11) is 0. The van der Waals surface area contributed by atoms with Crippen LogP contribution in [0, 0.1) is 6.92 Å². The third-order valence-electron chi connectivity index (χ3n) is 3.52. The molecule has 0 bridgehead atoms. The van der Waals surface area contributed by atoms with E-state index in [1.54, 1.807) is 0 Å². The highest BCUT2D eigenvalue weighted by Gasteiger charge is 2.10. The molecule has 0 spiro atoms. The topological polar surface area (TPSA) is 57.0 Å². The molecule has 0 N–H and O–H groups in total. The predicted molar refractivity (Wildman–Crippen MR) is 85.3 cm³/mol. The van der Waals surface area contributed by atoms with Crippen LogP contribution in [0.4, 0.5) is 0 Å². The number of ether oxygens (including phenoxy) is 1. The second-order valence-electron chi connectivity index (χ2n) is 5.38. The van der Waals surface area contributed by atoms with Crippen LogP contribution >= 0.6 is 0 Å². The summed E-state index contributed by atoms with van der Waals surface area (Å²) in [5, 5.41) is 7.99. The van der Waals surface area contributed by atoms with Gasteiger partial charge in [0.25, 0.3) is 0 Å². The number of aldehydes is 1. The van der Waals surface area contributed by atoms with Crippen LogP contribution in [0.25, 0.3) is 0 Å². The van der Waals surface area contributed by atoms with Crippen LogP contribution < -0.4 is 4.74 Å². The molecule has 0 fully saturated rings. The van der Waals surface area contributed by atoms with E-state index in [-0.39, 0.29) is 0 Å². The zero-order chi connectivity index (χ0) is 15.8. The molecule has 118 valence electrons. The van der Waals surface area contributed by atoms with Gasteiger partial charge in [-0.15, -0.1) is 5.10 Å². The minimum atomic E-state index is 0.470. The Morgan fingerprint density at radius 3 is 2.68 bits per heavy atom. The molecule has 5 nitrogen and oxygen atoms in total. The van der Waals surface area contributed by atoms with Gasteiger partial charge in [0.2, 0.25) is 0 Å². The highest BCUT2D eigenvalue weighted by molar-refractivity contribution is 5.73. The molecule has 5 heteroatoms. The number of rotatable bonds is 9. The average molecular weight is 301 g/mol. The molecule has 1 aromatic carbocycles. The third kappa shape index (κ3) is 4.41. The Kier molecular flexibility index (Phi) is 6.13. The molecule has 0 radical (unpaired) electrons. The number of aryl methyl sites for hydroxylation is 2. The summed E-state index contributed by atoms with van der Waals surface area (Å²) in [6.45, 7) is 5.60. The van der Waals surface area contributed by atoms with E-state index in [9.17, 15) is 4.79 Å². The standard InChI is InChI=1S/C17H23N3O2/c1-3-6-17-16(13-21)18-19-20(17)11-4-5-12-22-15-9-7-14(2)8-10-15/h7-10,13H,3-6,11-12H2,1-2H3. The fourth-order valence-electron chi connectivity index (χ4n) is 2.30. The summed E-state index contributed by atoms with van der Waals surface area (Å²) in [6.07, 6.45) is 4.49. The summed E-state index contributed by atoms with van der Waals surface area (Å²) in [5.74, 6) is 0.904. The number of aromatic nitrogens is 3. The zero-order valence-corrected chi connectivity index (χ0v) is 13.3. The molecule has 0 saturated carbocycles. The lowest BCUT2D eigenvalue weighted by molar-refractivity contribution is 0.111. The molecule has 0 amide bonds. The van der Waals surface area contributed by atoms with Gasteiger partial charge in [-0.1, -0.05) is 36.3 Å². The van der Waals surface area contributed by atoms with Crippen LogP contribution in [0.2, 0.25) is 0 Å². The first-order valence-corrected chi connectivity index (χ1v) is 7.81. The average Bonchev–Trinajstić information content (AvgIpc) is 2.91. The maximum absolute atomic E-state index is 10.9. The van der Waals surface area contributed by atoms with Crippen LogP contribution in [-0.2, 0) is 13.0 Å². The van der Waals surface area contributed by atoms with Crippen molar-refractivity contribution in [2.75, 3.05) is 6.61 Å².